The van der Waals surface area contributed by atoms with Crippen LogP contribution in [0.4, 0.5) is 0 Å². The minimum Gasteiger partial charge on any atom is -0.491 e. The SMILES string of the molecule is CCNC(c1ccccc1OC(C)C)C1CCC(C)O1. The first-order valence-electron chi connectivity index (χ1n) is 7.76. The van der Waals surface area contributed by atoms with Crippen molar-refractivity contribution in [3.8, 4) is 5.75 Å². The van der Waals surface area contributed by atoms with Gasteiger partial charge in [0.2, 0.25) is 0 Å². The zero-order valence-corrected chi connectivity index (χ0v) is 13.1. The minimum absolute atomic E-state index is 0.182. The Bertz CT molecular complexity index is 419. The van der Waals surface area contributed by atoms with Crippen molar-refractivity contribution in [3.05, 3.63) is 29.8 Å². The maximum Gasteiger partial charge on any atom is 0.124 e. The van der Waals surface area contributed by atoms with E-state index >= 15 is 0 Å². The Morgan fingerprint density at radius 2 is 2.05 bits per heavy atom. The van der Waals surface area contributed by atoms with Crippen LogP contribution in [-0.2, 0) is 4.74 Å². The molecule has 0 aromatic heterocycles. The molecule has 1 saturated heterocycles. The molecule has 1 aliphatic rings. The first kappa shape index (κ1) is 15.3. The smallest absolute Gasteiger partial charge is 0.124 e. The van der Waals surface area contributed by atoms with Crippen LogP contribution in [0.5, 0.6) is 5.75 Å². The van der Waals surface area contributed by atoms with E-state index in [1.165, 1.54) is 5.56 Å². The van der Waals surface area contributed by atoms with E-state index in [0.717, 1.165) is 25.1 Å². The van der Waals surface area contributed by atoms with E-state index in [9.17, 15) is 0 Å². The van der Waals surface area contributed by atoms with Gasteiger partial charge < -0.3 is 14.8 Å². The molecule has 1 aromatic carbocycles. The normalized spacial score (nSPS) is 24.1. The van der Waals surface area contributed by atoms with Crippen LogP contribution in [0.2, 0.25) is 0 Å². The lowest BCUT2D eigenvalue weighted by Gasteiger charge is -2.27. The topological polar surface area (TPSA) is 30.5 Å². The first-order valence-corrected chi connectivity index (χ1v) is 7.76. The molecule has 20 heavy (non-hydrogen) atoms. The lowest BCUT2D eigenvalue weighted by atomic mass is 9.98. The molecular formula is C17H27NO2. The predicted molar refractivity (Wildman–Crippen MR) is 82.2 cm³/mol. The van der Waals surface area contributed by atoms with Crippen molar-refractivity contribution in [3.63, 3.8) is 0 Å². The van der Waals surface area contributed by atoms with E-state index in [2.05, 4.69) is 51.2 Å². The maximum atomic E-state index is 6.07. The number of hydrogen-bond acceptors (Lipinski definition) is 3. The summed E-state index contributed by atoms with van der Waals surface area (Å²) < 4.78 is 12.0. The highest BCUT2D eigenvalue weighted by Gasteiger charge is 2.31. The van der Waals surface area contributed by atoms with Crippen LogP contribution in [0.1, 0.15) is 52.1 Å². The van der Waals surface area contributed by atoms with E-state index in [0.29, 0.717) is 6.10 Å². The van der Waals surface area contributed by atoms with Gasteiger partial charge in [0.25, 0.3) is 0 Å². The molecule has 3 atom stereocenters. The van der Waals surface area contributed by atoms with Crippen molar-refractivity contribution in [2.24, 2.45) is 0 Å². The second kappa shape index (κ2) is 7.09. The van der Waals surface area contributed by atoms with Crippen LogP contribution < -0.4 is 10.1 Å². The summed E-state index contributed by atoms with van der Waals surface area (Å²) in [5.74, 6) is 0.969. The Kier molecular flexibility index (Phi) is 5.44. The molecule has 2 rings (SSSR count). The lowest BCUT2D eigenvalue weighted by molar-refractivity contribution is 0.0310. The quantitative estimate of drug-likeness (QED) is 0.860. The van der Waals surface area contributed by atoms with Crippen LogP contribution >= 0.6 is 0 Å². The number of nitrogens with one attached hydrogen (secondary N) is 1. The fourth-order valence-electron chi connectivity index (χ4n) is 2.84. The standard InChI is InChI=1S/C17H27NO2/c1-5-18-17(16-11-10-13(4)20-16)14-8-6-7-9-15(14)19-12(2)3/h6-9,12-13,16-18H,5,10-11H2,1-4H3. The molecule has 1 fully saturated rings. The van der Waals surface area contributed by atoms with Gasteiger partial charge in [-0.1, -0.05) is 25.1 Å². The highest BCUT2D eigenvalue weighted by molar-refractivity contribution is 5.37. The van der Waals surface area contributed by atoms with Crippen LogP contribution in [0.3, 0.4) is 0 Å². The third kappa shape index (κ3) is 3.74. The molecule has 3 unspecified atom stereocenters. The molecule has 0 radical (unpaired) electrons. The fraction of sp³-hybridized carbons (Fsp3) is 0.647. The molecule has 0 amide bonds. The molecule has 1 aliphatic heterocycles. The van der Waals surface area contributed by atoms with Crippen molar-refractivity contribution in [2.75, 3.05) is 6.54 Å². The lowest BCUT2D eigenvalue weighted by Crippen LogP contribution is -2.32. The summed E-state index contributed by atoms with van der Waals surface area (Å²) >= 11 is 0. The van der Waals surface area contributed by atoms with Crippen molar-refractivity contribution < 1.29 is 9.47 Å². The van der Waals surface area contributed by atoms with Crippen LogP contribution in [0.25, 0.3) is 0 Å². The molecule has 1 heterocycles. The van der Waals surface area contributed by atoms with E-state index in [4.69, 9.17) is 9.47 Å². The van der Waals surface area contributed by atoms with Gasteiger partial charge in [-0.3, -0.25) is 0 Å². The molecule has 0 aliphatic carbocycles. The molecule has 0 spiro atoms. The molecule has 3 heteroatoms. The van der Waals surface area contributed by atoms with Gasteiger partial charge in [0, 0.05) is 5.56 Å². The number of para-hydroxylation sites is 1. The third-order valence-corrected chi connectivity index (χ3v) is 3.68. The molecule has 1 N–H and O–H groups in total. The fourth-order valence-corrected chi connectivity index (χ4v) is 2.84. The van der Waals surface area contributed by atoms with Crippen molar-refractivity contribution >= 4 is 0 Å². The zero-order valence-electron chi connectivity index (χ0n) is 13.1. The number of benzene rings is 1. The average Bonchev–Trinajstić information content (AvgIpc) is 2.83. The Labute approximate surface area is 122 Å². The van der Waals surface area contributed by atoms with Gasteiger partial charge in [-0.25, -0.2) is 0 Å². The summed E-state index contributed by atoms with van der Waals surface area (Å²) in [4.78, 5) is 0. The summed E-state index contributed by atoms with van der Waals surface area (Å²) in [6.07, 6.45) is 3.03. The molecule has 1 aromatic rings. The maximum absolute atomic E-state index is 6.07. The van der Waals surface area contributed by atoms with Crippen LogP contribution in [0.15, 0.2) is 24.3 Å². The number of rotatable bonds is 6. The molecule has 0 saturated carbocycles. The minimum atomic E-state index is 0.182. The monoisotopic (exact) mass is 277 g/mol. The Morgan fingerprint density at radius 1 is 1.30 bits per heavy atom. The van der Waals surface area contributed by atoms with E-state index < -0.39 is 0 Å². The summed E-state index contributed by atoms with van der Waals surface area (Å²) in [6, 6.07) is 8.52. The Morgan fingerprint density at radius 3 is 2.65 bits per heavy atom. The third-order valence-electron chi connectivity index (χ3n) is 3.68. The van der Waals surface area contributed by atoms with Gasteiger partial charge in [-0.15, -0.1) is 0 Å². The highest BCUT2D eigenvalue weighted by atomic mass is 16.5. The summed E-state index contributed by atoms with van der Waals surface area (Å²) in [5, 5.41) is 3.57. The second-order valence-corrected chi connectivity index (χ2v) is 5.80. The van der Waals surface area contributed by atoms with Gasteiger partial charge in [-0.2, -0.15) is 0 Å². The number of ether oxygens (including phenoxy) is 2. The molecule has 112 valence electrons. The van der Waals surface area contributed by atoms with Crippen LogP contribution in [0, 0.1) is 0 Å². The summed E-state index contributed by atoms with van der Waals surface area (Å²) in [5.41, 5.74) is 1.21. The second-order valence-electron chi connectivity index (χ2n) is 5.80. The van der Waals surface area contributed by atoms with Gasteiger partial charge in [0.1, 0.15) is 5.75 Å². The van der Waals surface area contributed by atoms with Gasteiger partial charge in [0.05, 0.1) is 24.4 Å². The summed E-state index contributed by atoms with van der Waals surface area (Å²) in [6.45, 7) is 9.34. The van der Waals surface area contributed by atoms with E-state index in [1.807, 2.05) is 6.07 Å². The van der Waals surface area contributed by atoms with Crippen LogP contribution in [-0.4, -0.2) is 24.9 Å². The van der Waals surface area contributed by atoms with E-state index in [1.54, 1.807) is 0 Å². The van der Waals surface area contributed by atoms with Gasteiger partial charge in [0.15, 0.2) is 0 Å². The largest absolute Gasteiger partial charge is 0.491 e. The number of likely N-dealkylation sites (N-methyl/N-ethyl adjacent to an activating group) is 1. The highest BCUT2D eigenvalue weighted by Crippen LogP contribution is 2.34. The molecule has 3 nitrogen and oxygen atoms in total. The van der Waals surface area contributed by atoms with Gasteiger partial charge in [-0.05, 0) is 46.2 Å². The zero-order chi connectivity index (χ0) is 14.5. The predicted octanol–water partition coefficient (Wildman–Crippen LogP) is 3.69. The summed E-state index contributed by atoms with van der Waals surface area (Å²) in [7, 11) is 0. The molecule has 0 bridgehead atoms. The van der Waals surface area contributed by atoms with E-state index in [-0.39, 0.29) is 18.2 Å². The van der Waals surface area contributed by atoms with Crippen molar-refractivity contribution in [1.82, 2.24) is 5.32 Å². The molecular weight excluding hydrogens is 250 g/mol. The van der Waals surface area contributed by atoms with Gasteiger partial charge >= 0.3 is 0 Å². The first-order chi connectivity index (χ1) is 9.61. The number of hydrogen-bond donors (Lipinski definition) is 1. The Hall–Kier alpha value is -1.06. The van der Waals surface area contributed by atoms with Crippen molar-refractivity contribution in [2.45, 2.75) is 64.9 Å². The Balaban J connectivity index is 2.24. The van der Waals surface area contributed by atoms with Crippen molar-refractivity contribution in [1.29, 1.82) is 0 Å². The average molecular weight is 277 g/mol.